The Morgan fingerprint density at radius 3 is 2.53 bits per heavy atom. The van der Waals surface area contributed by atoms with Crippen LogP contribution >= 0.6 is 11.6 Å². The third-order valence-electron chi connectivity index (χ3n) is 7.29. The summed E-state index contributed by atoms with van der Waals surface area (Å²) in [6.45, 7) is 3.55. The number of phenolic OH excluding ortho intramolecular Hbond substituents is 1. The van der Waals surface area contributed by atoms with E-state index in [1.54, 1.807) is 6.07 Å². The second-order valence-corrected chi connectivity index (χ2v) is 10.5. The average molecular weight is 543 g/mol. The van der Waals surface area contributed by atoms with Gasteiger partial charge in [0.05, 0.1) is 0 Å². The highest BCUT2D eigenvalue weighted by Gasteiger charge is 2.25. The van der Waals surface area contributed by atoms with E-state index in [9.17, 15) is 14.7 Å². The normalized spacial score (nSPS) is 15.4. The van der Waals surface area contributed by atoms with Crippen LogP contribution in [0.5, 0.6) is 11.5 Å². The monoisotopic (exact) mass is 542 g/mol. The van der Waals surface area contributed by atoms with Crippen LogP contribution in [0.25, 0.3) is 0 Å². The maximum atomic E-state index is 13.2. The summed E-state index contributed by atoms with van der Waals surface area (Å²) in [5.74, 6) is 0.488. The number of aromatic hydroxyl groups is 1. The van der Waals surface area contributed by atoms with E-state index >= 15 is 0 Å². The molecule has 1 aliphatic carbocycles. The largest absolute Gasteiger partial charge is 0.506 e. The van der Waals surface area contributed by atoms with Gasteiger partial charge < -0.3 is 30.7 Å². The number of ether oxygens (including phenoxy) is 1. The van der Waals surface area contributed by atoms with Crippen LogP contribution in [0.1, 0.15) is 49.7 Å². The quantitative estimate of drug-likeness (QED) is 0.226. The number of carbonyl (C=O) groups is 2. The maximum Gasteiger partial charge on any atom is 0.262 e. The van der Waals surface area contributed by atoms with Crippen molar-refractivity contribution in [2.24, 2.45) is 0 Å². The molecule has 2 aromatic carbocycles. The fraction of sp³-hybridized carbons (Fsp3) is 0.517. The zero-order chi connectivity index (χ0) is 26.7. The van der Waals surface area contributed by atoms with Crippen LogP contribution < -0.4 is 20.7 Å². The molecular weight excluding hydrogens is 504 g/mol. The first-order chi connectivity index (χ1) is 18.5. The number of carbonyl (C=O) groups excluding carboxylic acids is 2. The fourth-order valence-corrected chi connectivity index (χ4v) is 5.34. The molecule has 0 bridgehead atoms. The smallest absolute Gasteiger partial charge is 0.262 e. The van der Waals surface area contributed by atoms with Gasteiger partial charge in [-0.15, -0.1) is 0 Å². The molecule has 2 aromatic rings. The molecule has 0 radical (unpaired) electrons. The molecule has 0 aromatic heterocycles. The van der Waals surface area contributed by atoms with Crippen LogP contribution in [0.3, 0.4) is 0 Å². The molecule has 2 amide bonds. The van der Waals surface area contributed by atoms with Crippen LogP contribution in [0.2, 0.25) is 5.02 Å². The van der Waals surface area contributed by atoms with Gasteiger partial charge in [-0.05, 0) is 68.1 Å². The van der Waals surface area contributed by atoms with E-state index in [1.807, 2.05) is 30.3 Å². The molecule has 1 fully saturated rings. The van der Waals surface area contributed by atoms with Gasteiger partial charge >= 0.3 is 0 Å². The van der Waals surface area contributed by atoms with Gasteiger partial charge in [0, 0.05) is 37.1 Å². The van der Waals surface area contributed by atoms with Gasteiger partial charge in [0.25, 0.3) is 5.91 Å². The van der Waals surface area contributed by atoms with E-state index in [-0.39, 0.29) is 24.2 Å². The second kappa shape index (κ2) is 14.4. The first-order valence-corrected chi connectivity index (χ1v) is 14.1. The van der Waals surface area contributed by atoms with Crippen molar-refractivity contribution in [2.75, 3.05) is 44.6 Å². The van der Waals surface area contributed by atoms with Gasteiger partial charge in [-0.1, -0.05) is 49.1 Å². The topological polar surface area (TPSA) is 103 Å². The summed E-state index contributed by atoms with van der Waals surface area (Å²) in [6, 6.07) is 11.6. The maximum absolute atomic E-state index is 13.2. The van der Waals surface area contributed by atoms with E-state index in [0.29, 0.717) is 56.5 Å². The van der Waals surface area contributed by atoms with Gasteiger partial charge in [-0.2, -0.15) is 0 Å². The molecule has 1 saturated carbocycles. The highest BCUT2D eigenvalue weighted by atomic mass is 35.5. The summed E-state index contributed by atoms with van der Waals surface area (Å²) in [6.07, 6.45) is 7.88. The van der Waals surface area contributed by atoms with Crippen LogP contribution in [0, 0.1) is 0 Å². The molecule has 1 aliphatic heterocycles. The van der Waals surface area contributed by atoms with Crippen molar-refractivity contribution in [2.45, 2.75) is 57.4 Å². The Labute approximate surface area is 230 Å². The average Bonchev–Trinajstić information content (AvgIpc) is 2.93. The number of nitrogens with one attached hydrogen (secondary N) is 3. The lowest BCUT2D eigenvalue weighted by atomic mass is 9.94. The zero-order valence-corrected chi connectivity index (χ0v) is 22.7. The predicted octanol–water partition coefficient (Wildman–Crippen LogP) is 3.89. The van der Waals surface area contributed by atoms with Crippen LogP contribution in [-0.2, 0) is 22.4 Å². The van der Waals surface area contributed by atoms with Crippen molar-refractivity contribution in [1.82, 2.24) is 15.5 Å². The molecule has 0 saturated heterocycles. The lowest BCUT2D eigenvalue weighted by Crippen LogP contribution is -2.45. The van der Waals surface area contributed by atoms with Crippen molar-refractivity contribution in [3.05, 3.63) is 52.5 Å². The van der Waals surface area contributed by atoms with Crippen molar-refractivity contribution in [3.63, 3.8) is 0 Å². The molecule has 4 N–H and O–H groups in total. The first kappa shape index (κ1) is 28.2. The standard InChI is InChI=1S/C29H39ClN4O4/c30-23-9-6-21(7-10-23)12-15-31-17-14-27(37)34(24-4-2-1-3-5-24)19-18-32-16-13-22-8-11-25(35)28-29(22)38-20-26(36)33-28/h6-11,24,31-32,35H,1-5,12-20H2,(H,33,36). The SMILES string of the molecule is O=C1COc2c(CCNCCN(C(=O)CCNCCc3ccc(Cl)cc3)C3CCCCC3)ccc(O)c2N1. The number of phenols is 1. The Bertz CT molecular complexity index is 1070. The number of nitrogens with zero attached hydrogens (tertiary/aromatic N) is 1. The molecule has 4 rings (SSSR count). The number of halogens is 1. The summed E-state index contributed by atoms with van der Waals surface area (Å²) in [4.78, 5) is 26.9. The van der Waals surface area contributed by atoms with Gasteiger partial charge in [0.1, 0.15) is 11.4 Å². The number of benzene rings is 2. The third-order valence-corrected chi connectivity index (χ3v) is 7.54. The van der Waals surface area contributed by atoms with E-state index in [4.69, 9.17) is 16.3 Å². The molecule has 38 heavy (non-hydrogen) atoms. The predicted molar refractivity (Wildman–Crippen MR) is 150 cm³/mol. The Morgan fingerprint density at radius 1 is 1.00 bits per heavy atom. The van der Waals surface area contributed by atoms with Crippen molar-refractivity contribution in [3.8, 4) is 11.5 Å². The van der Waals surface area contributed by atoms with Crippen molar-refractivity contribution < 1.29 is 19.4 Å². The van der Waals surface area contributed by atoms with E-state index in [0.717, 1.165) is 36.4 Å². The lowest BCUT2D eigenvalue weighted by Gasteiger charge is -2.34. The van der Waals surface area contributed by atoms with E-state index < -0.39 is 0 Å². The molecule has 1 heterocycles. The highest BCUT2D eigenvalue weighted by Crippen LogP contribution is 2.39. The second-order valence-electron chi connectivity index (χ2n) is 10.0. The van der Waals surface area contributed by atoms with Crippen LogP contribution in [0.15, 0.2) is 36.4 Å². The van der Waals surface area contributed by atoms with Gasteiger partial charge in [0.15, 0.2) is 12.4 Å². The molecule has 2 aliphatic rings. The van der Waals surface area contributed by atoms with Crippen molar-refractivity contribution >= 4 is 29.1 Å². The minimum atomic E-state index is -0.271. The number of fused-ring (bicyclic) bond motifs is 1. The Kier molecular flexibility index (Phi) is 10.7. The van der Waals surface area contributed by atoms with Crippen LogP contribution in [0.4, 0.5) is 5.69 Å². The number of rotatable bonds is 13. The molecule has 0 unspecified atom stereocenters. The molecular formula is C29H39ClN4O4. The number of anilines is 1. The Hall–Kier alpha value is -2.81. The molecule has 0 atom stereocenters. The van der Waals surface area contributed by atoms with E-state index in [1.165, 1.54) is 24.8 Å². The Balaban J connectivity index is 1.21. The molecule has 8 nitrogen and oxygen atoms in total. The summed E-state index contributed by atoms with van der Waals surface area (Å²) >= 11 is 5.95. The van der Waals surface area contributed by atoms with Gasteiger partial charge in [-0.3, -0.25) is 9.59 Å². The lowest BCUT2D eigenvalue weighted by molar-refractivity contribution is -0.134. The number of amides is 2. The molecule has 9 heteroatoms. The minimum absolute atomic E-state index is 0.00543. The van der Waals surface area contributed by atoms with Gasteiger partial charge in [0.2, 0.25) is 5.91 Å². The fourth-order valence-electron chi connectivity index (χ4n) is 5.21. The Morgan fingerprint density at radius 2 is 1.74 bits per heavy atom. The molecule has 206 valence electrons. The summed E-state index contributed by atoms with van der Waals surface area (Å²) in [7, 11) is 0. The summed E-state index contributed by atoms with van der Waals surface area (Å²) in [5.41, 5.74) is 2.50. The van der Waals surface area contributed by atoms with Crippen molar-refractivity contribution in [1.29, 1.82) is 0 Å². The number of hydrogen-bond acceptors (Lipinski definition) is 6. The highest BCUT2D eigenvalue weighted by molar-refractivity contribution is 6.30. The number of hydrogen-bond donors (Lipinski definition) is 4. The first-order valence-electron chi connectivity index (χ1n) is 13.7. The van der Waals surface area contributed by atoms with E-state index in [2.05, 4.69) is 20.9 Å². The molecule has 0 spiro atoms. The summed E-state index contributed by atoms with van der Waals surface area (Å²) in [5, 5.41) is 20.3. The van der Waals surface area contributed by atoms with Gasteiger partial charge in [-0.25, -0.2) is 0 Å². The third kappa shape index (κ3) is 8.09. The summed E-state index contributed by atoms with van der Waals surface area (Å²) < 4.78 is 5.57. The minimum Gasteiger partial charge on any atom is -0.506 e. The zero-order valence-electron chi connectivity index (χ0n) is 21.9. The van der Waals surface area contributed by atoms with Crippen LogP contribution in [-0.4, -0.2) is 67.2 Å².